The lowest BCUT2D eigenvalue weighted by Crippen LogP contribution is -2.57. The molecule has 0 N–H and O–H groups in total. The van der Waals surface area contributed by atoms with E-state index >= 15 is 0 Å². The van der Waals surface area contributed by atoms with Gasteiger partial charge in [0.15, 0.2) is 0 Å². The Kier molecular flexibility index (Phi) is 6.18. The molecule has 0 amide bonds. The molecular weight excluding hydrogens is 643 g/mol. The minimum atomic E-state index is -0.0421. The molecule has 5 aromatic heterocycles. The molecule has 0 unspecified atom stereocenters. The minimum Gasteiger partial charge on any atom is -0.457 e. The van der Waals surface area contributed by atoms with E-state index in [9.17, 15) is 0 Å². The minimum absolute atomic E-state index is 0.0421. The number of hydrogen-bond acceptors (Lipinski definition) is 6. The van der Waals surface area contributed by atoms with Crippen LogP contribution in [0.2, 0.25) is 0 Å². The zero-order chi connectivity index (χ0) is 34.2. The maximum Gasteiger partial charge on any atom is 0.254 e. The number of anilines is 3. The first kappa shape index (κ1) is 28.7. The van der Waals surface area contributed by atoms with E-state index in [1.54, 1.807) is 6.20 Å². The van der Waals surface area contributed by atoms with E-state index < -0.39 is 0 Å². The fraction of sp³-hybridized carbons (Fsp3) is 0. The Hall–Kier alpha value is -7.13. The maximum atomic E-state index is 6.71. The van der Waals surface area contributed by atoms with Crippen molar-refractivity contribution in [3.63, 3.8) is 0 Å². The Morgan fingerprint density at radius 2 is 1.44 bits per heavy atom. The predicted octanol–water partition coefficient (Wildman–Crippen LogP) is 8.06. The molecule has 10 aromatic rings. The summed E-state index contributed by atoms with van der Waals surface area (Å²) in [6.45, 7) is -0.0421. The lowest BCUT2D eigenvalue weighted by molar-refractivity contribution is 0.483. The van der Waals surface area contributed by atoms with Crippen molar-refractivity contribution in [2.45, 2.75) is 0 Å². The number of ether oxygens (including phenoxy) is 1. The summed E-state index contributed by atoms with van der Waals surface area (Å²) in [6.07, 6.45) is 3.64. The fourth-order valence-corrected chi connectivity index (χ4v) is 7.78. The average molecular weight is 671 g/mol. The SMILES string of the molecule is c1ccc(B2c3cccnc3N(c3cccc(Oc4ccc5c(c4)n(-c4ccccn4)c4nc6ccccc6n54)c3)c3oc4ccccc4c32)cc1. The van der Waals surface area contributed by atoms with E-state index in [1.807, 2.05) is 85.1 Å². The number of furan rings is 1. The first-order valence-electron chi connectivity index (χ1n) is 17.2. The molecule has 11 rings (SSSR count). The molecule has 1 aliphatic rings. The van der Waals surface area contributed by atoms with Crippen LogP contribution >= 0.6 is 0 Å². The molecule has 0 aliphatic carbocycles. The number of hydrogen-bond donors (Lipinski definition) is 0. The Morgan fingerprint density at radius 3 is 2.37 bits per heavy atom. The number of benzene rings is 5. The fourth-order valence-electron chi connectivity index (χ4n) is 7.78. The molecule has 0 bridgehead atoms. The van der Waals surface area contributed by atoms with Crippen LogP contribution in [0, 0.1) is 0 Å². The van der Waals surface area contributed by atoms with Gasteiger partial charge in [-0.3, -0.25) is 13.9 Å². The Labute approximate surface area is 297 Å². The summed E-state index contributed by atoms with van der Waals surface area (Å²) in [6, 6.07) is 51.3. The average Bonchev–Trinajstić information content (AvgIpc) is 3.86. The van der Waals surface area contributed by atoms with E-state index in [0.29, 0.717) is 11.5 Å². The van der Waals surface area contributed by atoms with Gasteiger partial charge in [-0.1, -0.05) is 84.3 Å². The van der Waals surface area contributed by atoms with Gasteiger partial charge in [0.05, 0.1) is 27.8 Å². The van der Waals surface area contributed by atoms with Crippen LogP contribution in [0.4, 0.5) is 17.4 Å². The van der Waals surface area contributed by atoms with Crippen molar-refractivity contribution in [3.05, 3.63) is 164 Å². The van der Waals surface area contributed by atoms with Crippen molar-refractivity contribution in [3.8, 4) is 17.3 Å². The molecule has 0 radical (unpaired) electrons. The van der Waals surface area contributed by atoms with Gasteiger partial charge >= 0.3 is 0 Å². The topological polar surface area (TPSA) is 73.6 Å². The molecule has 6 heterocycles. The number of pyridine rings is 2. The lowest BCUT2D eigenvalue weighted by atomic mass is 9.35. The van der Waals surface area contributed by atoms with Crippen molar-refractivity contribution in [1.29, 1.82) is 0 Å². The largest absolute Gasteiger partial charge is 0.457 e. The monoisotopic (exact) mass is 670 g/mol. The summed E-state index contributed by atoms with van der Waals surface area (Å²) in [4.78, 5) is 16.8. The van der Waals surface area contributed by atoms with Crippen molar-refractivity contribution in [2.75, 3.05) is 4.90 Å². The second-order valence-corrected chi connectivity index (χ2v) is 12.9. The second kappa shape index (κ2) is 11.2. The van der Waals surface area contributed by atoms with Gasteiger partial charge in [-0.05, 0) is 66.1 Å². The molecule has 0 spiro atoms. The molecule has 5 aromatic carbocycles. The lowest BCUT2D eigenvalue weighted by Gasteiger charge is -2.32. The summed E-state index contributed by atoms with van der Waals surface area (Å²) >= 11 is 0. The Balaban J connectivity index is 1.04. The zero-order valence-electron chi connectivity index (χ0n) is 27.7. The number of fused-ring (bicyclic) bond motifs is 9. The first-order valence-corrected chi connectivity index (χ1v) is 17.2. The highest BCUT2D eigenvalue weighted by atomic mass is 16.5. The second-order valence-electron chi connectivity index (χ2n) is 12.9. The summed E-state index contributed by atoms with van der Waals surface area (Å²) in [5.74, 6) is 4.53. The number of aromatic nitrogens is 5. The summed E-state index contributed by atoms with van der Waals surface area (Å²) in [5.41, 5.74) is 9.04. The highest BCUT2D eigenvalue weighted by molar-refractivity contribution is 6.99. The molecule has 9 heteroatoms. The third-order valence-electron chi connectivity index (χ3n) is 9.94. The van der Waals surface area contributed by atoms with Gasteiger partial charge in [-0.2, -0.15) is 0 Å². The van der Waals surface area contributed by atoms with Gasteiger partial charge in [0.25, 0.3) is 6.71 Å². The van der Waals surface area contributed by atoms with Crippen LogP contribution in [0.3, 0.4) is 0 Å². The molecule has 8 nitrogen and oxygen atoms in total. The van der Waals surface area contributed by atoms with Gasteiger partial charge in [-0.15, -0.1) is 0 Å². The molecule has 1 aliphatic heterocycles. The van der Waals surface area contributed by atoms with Crippen LogP contribution in [0.25, 0.3) is 44.6 Å². The summed E-state index contributed by atoms with van der Waals surface area (Å²) in [5, 5.41) is 1.08. The number of imidazole rings is 2. The first-order chi connectivity index (χ1) is 25.8. The summed E-state index contributed by atoms with van der Waals surface area (Å²) < 4.78 is 17.6. The zero-order valence-corrected chi connectivity index (χ0v) is 27.7. The van der Waals surface area contributed by atoms with Crippen LogP contribution in [0.1, 0.15) is 0 Å². The van der Waals surface area contributed by atoms with E-state index in [4.69, 9.17) is 24.1 Å². The van der Waals surface area contributed by atoms with Crippen molar-refractivity contribution in [2.24, 2.45) is 0 Å². The summed E-state index contributed by atoms with van der Waals surface area (Å²) in [7, 11) is 0. The molecule has 244 valence electrons. The van der Waals surface area contributed by atoms with E-state index in [-0.39, 0.29) is 6.71 Å². The smallest absolute Gasteiger partial charge is 0.254 e. The quantitative estimate of drug-likeness (QED) is 0.173. The molecule has 0 saturated heterocycles. The highest BCUT2D eigenvalue weighted by Crippen LogP contribution is 2.40. The van der Waals surface area contributed by atoms with Gasteiger partial charge in [-0.25, -0.2) is 15.0 Å². The van der Waals surface area contributed by atoms with Crippen molar-refractivity contribution < 1.29 is 9.15 Å². The highest BCUT2D eigenvalue weighted by Gasteiger charge is 2.40. The van der Waals surface area contributed by atoms with Gasteiger partial charge in [0, 0.05) is 35.4 Å². The Morgan fingerprint density at radius 1 is 0.615 bits per heavy atom. The molecule has 0 fully saturated rings. The number of rotatable bonds is 5. The number of para-hydroxylation sites is 3. The van der Waals surface area contributed by atoms with E-state index in [0.717, 1.165) is 72.9 Å². The van der Waals surface area contributed by atoms with Crippen molar-refractivity contribution >= 4 is 79.3 Å². The van der Waals surface area contributed by atoms with Crippen LogP contribution in [0.5, 0.6) is 11.5 Å². The van der Waals surface area contributed by atoms with Crippen molar-refractivity contribution in [1.82, 2.24) is 23.9 Å². The van der Waals surface area contributed by atoms with E-state index in [1.165, 1.54) is 5.46 Å². The van der Waals surface area contributed by atoms with Gasteiger partial charge < -0.3 is 9.15 Å². The molecular formula is C43H27BN6O2. The third kappa shape index (κ3) is 4.26. The van der Waals surface area contributed by atoms with Crippen LogP contribution < -0.4 is 26.0 Å². The van der Waals surface area contributed by atoms with Gasteiger partial charge in [0.2, 0.25) is 11.7 Å². The standard InChI is InChI=1S/C43H27BN6O2/c1-2-12-28(13-3-1)44-33-17-11-25-46-41(33)48(42-40(44)32-16-4-7-20-38(32)52-42)29-14-10-15-30(26-29)51-31-22-23-36-37(27-31)50(39-21-8-9-24-45-39)43-47-34-18-5-6-19-35(34)49(36)43/h1-27H. The van der Waals surface area contributed by atoms with Gasteiger partial charge in [0.1, 0.15) is 28.7 Å². The molecule has 0 saturated carbocycles. The van der Waals surface area contributed by atoms with E-state index in [2.05, 4.69) is 86.7 Å². The van der Waals surface area contributed by atoms with Crippen LogP contribution in [-0.2, 0) is 0 Å². The number of nitrogens with zero attached hydrogens (tertiary/aromatic N) is 6. The predicted molar refractivity (Wildman–Crippen MR) is 207 cm³/mol. The molecule has 52 heavy (non-hydrogen) atoms. The maximum absolute atomic E-state index is 6.71. The Bertz CT molecular complexity index is 2970. The third-order valence-corrected chi connectivity index (χ3v) is 9.94. The molecule has 0 atom stereocenters. The normalized spacial score (nSPS) is 12.5. The van der Waals surface area contributed by atoms with Crippen LogP contribution in [-0.4, -0.2) is 30.6 Å². The van der Waals surface area contributed by atoms with Crippen LogP contribution in [0.15, 0.2) is 168 Å².